The van der Waals surface area contributed by atoms with Crippen molar-refractivity contribution in [3.63, 3.8) is 0 Å². The van der Waals surface area contributed by atoms with Gasteiger partial charge in [0.25, 0.3) is 0 Å². The van der Waals surface area contributed by atoms with Crippen LogP contribution in [0.25, 0.3) is 0 Å². The number of carbonyl (C=O) groups excluding carboxylic acids is 3. The zero-order valence-corrected chi connectivity index (χ0v) is 22.8. The van der Waals surface area contributed by atoms with Gasteiger partial charge in [0.15, 0.2) is 0 Å². The van der Waals surface area contributed by atoms with Crippen molar-refractivity contribution in [2.75, 3.05) is 45.9 Å². The van der Waals surface area contributed by atoms with Gasteiger partial charge >= 0.3 is 18.0 Å². The molecule has 1 atom stereocenters. The number of urea groups is 2. The second kappa shape index (κ2) is 12.7. The molecule has 2 aliphatic rings. The van der Waals surface area contributed by atoms with Gasteiger partial charge < -0.3 is 20.3 Å². The largest absolute Gasteiger partial charge is 0.463 e. The zero-order valence-electron chi connectivity index (χ0n) is 21.3. The van der Waals surface area contributed by atoms with Crippen LogP contribution in [0, 0.1) is 0 Å². The summed E-state index contributed by atoms with van der Waals surface area (Å²) in [4.78, 5) is 44.5. The maximum atomic E-state index is 13.3. The predicted molar refractivity (Wildman–Crippen MR) is 140 cm³/mol. The molecule has 0 radical (unpaired) electrons. The predicted octanol–water partition coefficient (Wildman–Crippen LogP) is 4.02. The van der Waals surface area contributed by atoms with Crippen LogP contribution >= 0.6 is 23.2 Å². The van der Waals surface area contributed by atoms with Crippen LogP contribution in [0.5, 0.6) is 0 Å². The summed E-state index contributed by atoms with van der Waals surface area (Å²) in [6, 6.07) is 4.00. The molecule has 1 aromatic carbocycles. The van der Waals surface area contributed by atoms with Crippen molar-refractivity contribution in [3.8, 4) is 0 Å². The van der Waals surface area contributed by atoms with Gasteiger partial charge in [-0.1, -0.05) is 29.3 Å². The van der Waals surface area contributed by atoms with Gasteiger partial charge in [-0.2, -0.15) is 0 Å². The van der Waals surface area contributed by atoms with Crippen molar-refractivity contribution >= 4 is 41.2 Å². The fourth-order valence-corrected chi connectivity index (χ4v) is 4.79. The average Bonchev–Trinajstić information content (AvgIpc) is 3.06. The van der Waals surface area contributed by atoms with Gasteiger partial charge in [-0.15, -0.1) is 0 Å². The molecule has 0 spiro atoms. The molecule has 1 saturated heterocycles. The van der Waals surface area contributed by atoms with Gasteiger partial charge in [-0.05, 0) is 51.8 Å². The Morgan fingerprint density at radius 1 is 1.14 bits per heavy atom. The Morgan fingerprint density at radius 3 is 2.53 bits per heavy atom. The molecule has 2 N–H and O–H groups in total. The van der Waals surface area contributed by atoms with E-state index in [0.717, 1.165) is 13.0 Å². The number of carbonyl (C=O) groups is 3. The lowest BCUT2D eigenvalue weighted by molar-refractivity contribution is -0.139. The summed E-state index contributed by atoms with van der Waals surface area (Å²) in [5, 5.41) is 6.60. The van der Waals surface area contributed by atoms with E-state index in [4.69, 9.17) is 27.9 Å². The fraction of sp³-hybridized carbons (Fsp3) is 0.560. The highest BCUT2D eigenvalue weighted by atomic mass is 35.5. The van der Waals surface area contributed by atoms with E-state index in [9.17, 15) is 14.4 Å². The lowest BCUT2D eigenvalue weighted by Gasteiger charge is -2.38. The van der Waals surface area contributed by atoms with Crippen molar-refractivity contribution in [1.29, 1.82) is 0 Å². The summed E-state index contributed by atoms with van der Waals surface area (Å²) in [5.41, 5.74) is 1.60. The number of nitrogens with zero attached hydrogens (tertiary/aromatic N) is 3. The number of rotatable bonds is 7. The Bertz CT molecular complexity index is 1020. The highest BCUT2D eigenvalue weighted by molar-refractivity contribution is 6.42. The van der Waals surface area contributed by atoms with Gasteiger partial charge in [0, 0.05) is 51.0 Å². The van der Waals surface area contributed by atoms with E-state index >= 15 is 0 Å². The van der Waals surface area contributed by atoms with Gasteiger partial charge in [0.05, 0.1) is 28.3 Å². The van der Waals surface area contributed by atoms with Crippen LogP contribution < -0.4 is 10.6 Å². The van der Waals surface area contributed by atoms with Crippen LogP contribution in [0.2, 0.25) is 10.0 Å². The molecule has 1 fully saturated rings. The molecule has 36 heavy (non-hydrogen) atoms. The standard InChI is InChI=1S/C25H35Cl2N5O4/c1-5-32-20(15-30-10-7-11-31(13-12-30)24(34)28-16(3)4)21(23(33)36-6-2)22(29-25(32)35)17-8-9-18(26)19(27)14-17/h8-9,14,16,22H,5-7,10-13,15H2,1-4H3,(H,28,34)(H,29,35)/t22-/m0/s1. The smallest absolute Gasteiger partial charge is 0.338 e. The summed E-state index contributed by atoms with van der Waals surface area (Å²) < 4.78 is 5.43. The Labute approximate surface area is 222 Å². The van der Waals surface area contributed by atoms with E-state index in [-0.39, 0.29) is 24.7 Å². The first-order valence-corrected chi connectivity index (χ1v) is 13.1. The lowest BCUT2D eigenvalue weighted by atomic mass is 9.94. The van der Waals surface area contributed by atoms with E-state index < -0.39 is 12.0 Å². The maximum Gasteiger partial charge on any atom is 0.338 e. The third-order valence-electron chi connectivity index (χ3n) is 6.19. The first-order valence-electron chi connectivity index (χ1n) is 12.4. The van der Waals surface area contributed by atoms with Gasteiger partial charge in [-0.25, -0.2) is 14.4 Å². The molecule has 3 rings (SSSR count). The van der Waals surface area contributed by atoms with Crippen molar-refractivity contribution < 1.29 is 19.1 Å². The molecule has 0 bridgehead atoms. The summed E-state index contributed by atoms with van der Waals surface area (Å²) >= 11 is 12.4. The molecule has 0 aliphatic carbocycles. The normalized spacial score (nSPS) is 19.3. The van der Waals surface area contributed by atoms with E-state index in [1.807, 2.05) is 25.7 Å². The van der Waals surface area contributed by atoms with Crippen molar-refractivity contribution in [2.45, 2.75) is 46.2 Å². The lowest BCUT2D eigenvalue weighted by Crippen LogP contribution is -2.51. The Morgan fingerprint density at radius 2 is 1.89 bits per heavy atom. The van der Waals surface area contributed by atoms with E-state index in [2.05, 4.69) is 15.5 Å². The van der Waals surface area contributed by atoms with Crippen LogP contribution in [0.4, 0.5) is 9.59 Å². The van der Waals surface area contributed by atoms with Crippen LogP contribution in [0.1, 0.15) is 45.7 Å². The number of benzene rings is 1. The third kappa shape index (κ3) is 6.63. The number of halogens is 2. The highest BCUT2D eigenvalue weighted by Gasteiger charge is 2.38. The topological polar surface area (TPSA) is 94.2 Å². The maximum absolute atomic E-state index is 13.3. The number of amides is 4. The van der Waals surface area contributed by atoms with E-state index in [1.165, 1.54) is 0 Å². The first-order chi connectivity index (χ1) is 17.2. The molecule has 0 saturated carbocycles. The number of ether oxygens (including phenoxy) is 1. The molecular formula is C25H35Cl2N5O4. The molecular weight excluding hydrogens is 505 g/mol. The molecule has 9 nitrogen and oxygen atoms in total. The van der Waals surface area contributed by atoms with E-state index in [1.54, 1.807) is 30.0 Å². The minimum atomic E-state index is -0.732. The average molecular weight is 540 g/mol. The number of likely N-dealkylation sites (N-methyl/N-ethyl adjacent to an activating group) is 1. The second-order valence-corrected chi connectivity index (χ2v) is 9.92. The minimum absolute atomic E-state index is 0.0614. The fourth-order valence-electron chi connectivity index (χ4n) is 4.48. The minimum Gasteiger partial charge on any atom is -0.463 e. The summed E-state index contributed by atoms with van der Waals surface area (Å²) in [6.07, 6.45) is 0.780. The monoisotopic (exact) mass is 539 g/mol. The molecule has 0 unspecified atom stereocenters. The zero-order chi connectivity index (χ0) is 26.4. The number of hydrogen-bond donors (Lipinski definition) is 2. The van der Waals surface area contributed by atoms with Crippen molar-refractivity contribution in [2.24, 2.45) is 0 Å². The number of hydrogen-bond acceptors (Lipinski definition) is 5. The first kappa shape index (κ1) is 28.1. The summed E-state index contributed by atoms with van der Waals surface area (Å²) in [6.45, 7) is 11.0. The van der Waals surface area contributed by atoms with Crippen LogP contribution in [0.15, 0.2) is 29.5 Å². The molecule has 11 heteroatoms. The summed E-state index contributed by atoms with van der Waals surface area (Å²) in [7, 11) is 0. The van der Waals surface area contributed by atoms with E-state index in [0.29, 0.717) is 59.6 Å². The van der Waals surface area contributed by atoms with Crippen LogP contribution in [-0.2, 0) is 9.53 Å². The van der Waals surface area contributed by atoms with Gasteiger partial charge in [0.2, 0.25) is 0 Å². The highest BCUT2D eigenvalue weighted by Crippen LogP contribution is 2.34. The quantitative estimate of drug-likeness (QED) is 0.510. The van der Waals surface area contributed by atoms with Crippen molar-refractivity contribution in [1.82, 2.24) is 25.3 Å². The molecule has 2 aliphatic heterocycles. The SMILES string of the molecule is CCOC(=O)C1=C(CN2CCCN(C(=O)NC(C)C)CC2)N(CC)C(=O)N[C@H]1c1ccc(Cl)c(Cl)c1. The number of nitrogens with one attached hydrogen (secondary N) is 2. The summed E-state index contributed by atoms with van der Waals surface area (Å²) in [5.74, 6) is -0.491. The Balaban J connectivity index is 1.95. The second-order valence-electron chi connectivity index (χ2n) is 9.10. The molecule has 1 aromatic rings. The third-order valence-corrected chi connectivity index (χ3v) is 6.93. The Kier molecular flexibility index (Phi) is 9.87. The molecule has 4 amide bonds. The van der Waals surface area contributed by atoms with Crippen LogP contribution in [0.3, 0.4) is 0 Å². The van der Waals surface area contributed by atoms with Crippen molar-refractivity contribution in [3.05, 3.63) is 45.1 Å². The van der Waals surface area contributed by atoms with Gasteiger partial charge in [0.1, 0.15) is 0 Å². The van der Waals surface area contributed by atoms with Crippen LogP contribution in [-0.4, -0.2) is 84.6 Å². The number of esters is 1. The molecule has 0 aromatic heterocycles. The Hall–Kier alpha value is -2.49. The van der Waals surface area contributed by atoms with Gasteiger partial charge in [-0.3, -0.25) is 9.80 Å². The molecule has 198 valence electrons. The molecule has 2 heterocycles.